The summed E-state index contributed by atoms with van der Waals surface area (Å²) in [5.41, 5.74) is 0. The van der Waals surface area contributed by atoms with Crippen molar-refractivity contribution < 1.29 is 4.21 Å². The highest BCUT2D eigenvalue weighted by Crippen LogP contribution is 2.10. The molecular weight excluding hydrogens is 361 g/mol. The average Bonchev–Trinajstić information content (AvgIpc) is 2.24. The number of terminal acetylenes is 1. The van der Waals surface area contributed by atoms with Crippen molar-refractivity contribution >= 4 is 40.7 Å². The molecular formula is C12H24IN3OS. The van der Waals surface area contributed by atoms with Crippen LogP contribution in [0.4, 0.5) is 0 Å². The molecule has 1 atom stereocenters. The second-order valence-electron chi connectivity index (χ2n) is 4.48. The van der Waals surface area contributed by atoms with E-state index in [1.54, 1.807) is 0 Å². The minimum atomic E-state index is -0.866. The van der Waals surface area contributed by atoms with E-state index < -0.39 is 10.8 Å². The smallest absolute Gasteiger partial charge is 0.192 e. The third-order valence-electron chi connectivity index (χ3n) is 1.93. The number of nitrogens with zero attached hydrogens (tertiary/aromatic N) is 1. The molecule has 4 nitrogen and oxygen atoms in total. The molecule has 0 radical (unpaired) electrons. The number of hydrogen-bond acceptors (Lipinski definition) is 2. The molecule has 18 heavy (non-hydrogen) atoms. The van der Waals surface area contributed by atoms with Crippen molar-refractivity contribution in [3.63, 3.8) is 0 Å². The molecule has 0 aromatic rings. The van der Waals surface area contributed by atoms with Gasteiger partial charge in [0, 0.05) is 27.8 Å². The van der Waals surface area contributed by atoms with Crippen LogP contribution in [0.25, 0.3) is 0 Å². The predicted molar refractivity (Wildman–Crippen MR) is 91.0 cm³/mol. The molecule has 0 saturated carbocycles. The van der Waals surface area contributed by atoms with Gasteiger partial charge in [0.05, 0.1) is 13.1 Å². The topological polar surface area (TPSA) is 53.5 Å². The second kappa shape index (κ2) is 10.6. The standard InChI is InChI=1S/C12H23N3OS.HI/c1-6-8-14-11(13-7-2)15-9-10-17(16)12(3,4)5;/h1H,7-10H2,2-5H3,(H2,13,14,15);1H. The van der Waals surface area contributed by atoms with Gasteiger partial charge in [-0.15, -0.1) is 30.4 Å². The zero-order valence-electron chi connectivity index (χ0n) is 11.6. The summed E-state index contributed by atoms with van der Waals surface area (Å²) in [5.74, 6) is 3.73. The van der Waals surface area contributed by atoms with E-state index in [4.69, 9.17) is 6.42 Å². The first-order valence-electron chi connectivity index (χ1n) is 5.76. The van der Waals surface area contributed by atoms with Crippen LogP contribution in [0.3, 0.4) is 0 Å². The fraction of sp³-hybridized carbons (Fsp3) is 0.750. The summed E-state index contributed by atoms with van der Waals surface area (Å²) in [6, 6.07) is 0. The van der Waals surface area contributed by atoms with Crippen LogP contribution in [0.15, 0.2) is 4.99 Å². The summed E-state index contributed by atoms with van der Waals surface area (Å²) in [4.78, 5) is 4.31. The molecule has 6 heteroatoms. The van der Waals surface area contributed by atoms with Gasteiger partial charge in [0.25, 0.3) is 0 Å². The van der Waals surface area contributed by atoms with Crippen LogP contribution in [0.1, 0.15) is 27.7 Å². The zero-order valence-corrected chi connectivity index (χ0v) is 14.7. The molecule has 0 aliphatic carbocycles. The molecule has 0 aliphatic heterocycles. The molecule has 0 aromatic heterocycles. The summed E-state index contributed by atoms with van der Waals surface area (Å²) in [6.45, 7) is 9.63. The van der Waals surface area contributed by atoms with Crippen molar-refractivity contribution in [2.75, 3.05) is 25.4 Å². The molecule has 0 fully saturated rings. The number of hydrogen-bond donors (Lipinski definition) is 2. The summed E-state index contributed by atoms with van der Waals surface area (Å²) >= 11 is 0. The first kappa shape index (κ1) is 20.0. The van der Waals surface area contributed by atoms with Gasteiger partial charge in [-0.1, -0.05) is 5.92 Å². The van der Waals surface area contributed by atoms with Crippen LogP contribution < -0.4 is 10.6 Å². The zero-order chi connectivity index (χ0) is 13.3. The Morgan fingerprint density at radius 1 is 1.39 bits per heavy atom. The van der Waals surface area contributed by atoms with Crippen LogP contribution in [0, 0.1) is 12.3 Å². The maximum absolute atomic E-state index is 11.8. The van der Waals surface area contributed by atoms with Crippen LogP contribution in [0.2, 0.25) is 0 Å². The summed E-state index contributed by atoms with van der Waals surface area (Å²) in [5, 5.41) is 6.06. The average molecular weight is 385 g/mol. The van der Waals surface area contributed by atoms with E-state index >= 15 is 0 Å². The normalized spacial score (nSPS) is 13.2. The quantitative estimate of drug-likeness (QED) is 0.325. The Balaban J connectivity index is 0. The summed E-state index contributed by atoms with van der Waals surface area (Å²) in [6.07, 6.45) is 5.16. The number of guanidine groups is 1. The van der Waals surface area contributed by atoms with Crippen molar-refractivity contribution in [3.8, 4) is 12.3 Å². The minimum absolute atomic E-state index is 0. The van der Waals surface area contributed by atoms with E-state index in [0.717, 1.165) is 6.54 Å². The van der Waals surface area contributed by atoms with Crippen LogP contribution in [-0.4, -0.2) is 40.3 Å². The fourth-order valence-corrected chi connectivity index (χ4v) is 1.89. The summed E-state index contributed by atoms with van der Waals surface area (Å²) in [7, 11) is -0.866. The number of nitrogens with one attached hydrogen (secondary N) is 2. The van der Waals surface area contributed by atoms with E-state index in [0.29, 0.717) is 24.8 Å². The van der Waals surface area contributed by atoms with E-state index in [-0.39, 0.29) is 28.7 Å². The Hall–Kier alpha value is -0.290. The highest BCUT2D eigenvalue weighted by molar-refractivity contribution is 14.0. The van der Waals surface area contributed by atoms with Crippen molar-refractivity contribution in [2.45, 2.75) is 32.4 Å². The van der Waals surface area contributed by atoms with E-state index in [2.05, 4.69) is 21.5 Å². The van der Waals surface area contributed by atoms with Crippen molar-refractivity contribution in [3.05, 3.63) is 0 Å². The lowest BCUT2D eigenvalue weighted by Crippen LogP contribution is -2.38. The maximum atomic E-state index is 11.8. The molecule has 0 aliphatic rings. The van der Waals surface area contributed by atoms with Gasteiger partial charge in [-0.2, -0.15) is 0 Å². The molecule has 0 aromatic carbocycles. The van der Waals surface area contributed by atoms with E-state index in [1.165, 1.54) is 0 Å². The molecule has 0 saturated heterocycles. The van der Waals surface area contributed by atoms with Gasteiger partial charge in [0.15, 0.2) is 5.96 Å². The Morgan fingerprint density at radius 3 is 2.44 bits per heavy atom. The third-order valence-corrected chi connectivity index (χ3v) is 3.85. The second-order valence-corrected chi connectivity index (χ2v) is 6.80. The number of halogens is 1. The Labute approximate surface area is 130 Å². The molecule has 1 unspecified atom stereocenters. The molecule has 0 bridgehead atoms. The van der Waals surface area contributed by atoms with Gasteiger partial charge in [0.2, 0.25) is 0 Å². The monoisotopic (exact) mass is 385 g/mol. The summed E-state index contributed by atoms with van der Waals surface area (Å²) < 4.78 is 11.6. The lowest BCUT2D eigenvalue weighted by molar-refractivity contribution is 0.648. The van der Waals surface area contributed by atoms with Gasteiger partial charge >= 0.3 is 0 Å². The van der Waals surface area contributed by atoms with Gasteiger partial charge in [0.1, 0.15) is 0 Å². The van der Waals surface area contributed by atoms with Gasteiger partial charge in [-0.3, -0.25) is 9.20 Å². The fourth-order valence-electron chi connectivity index (χ4n) is 1.02. The Morgan fingerprint density at radius 2 is 2.00 bits per heavy atom. The van der Waals surface area contributed by atoms with E-state index in [1.807, 2.05) is 27.7 Å². The lowest BCUT2D eigenvalue weighted by atomic mass is 10.3. The SMILES string of the molecule is C#CCNC(=NCCS(=O)C(C)(C)C)NCC.I. The largest absolute Gasteiger partial charge is 0.357 e. The molecule has 2 N–H and O–H groups in total. The van der Waals surface area contributed by atoms with Crippen molar-refractivity contribution in [1.82, 2.24) is 10.6 Å². The van der Waals surface area contributed by atoms with Crippen LogP contribution in [0.5, 0.6) is 0 Å². The van der Waals surface area contributed by atoms with Gasteiger partial charge in [-0.05, 0) is 27.7 Å². The molecule has 0 amide bonds. The van der Waals surface area contributed by atoms with Crippen molar-refractivity contribution in [2.24, 2.45) is 4.99 Å². The first-order chi connectivity index (χ1) is 7.91. The van der Waals surface area contributed by atoms with E-state index in [9.17, 15) is 4.21 Å². The molecule has 106 valence electrons. The highest BCUT2D eigenvalue weighted by Gasteiger charge is 2.18. The molecule has 0 rings (SSSR count). The Kier molecular flexibility index (Phi) is 11.8. The van der Waals surface area contributed by atoms with Crippen molar-refractivity contribution in [1.29, 1.82) is 0 Å². The first-order valence-corrected chi connectivity index (χ1v) is 7.07. The molecule has 0 spiro atoms. The highest BCUT2D eigenvalue weighted by atomic mass is 127. The Bertz CT molecular complexity index is 318. The van der Waals surface area contributed by atoms with Gasteiger partial charge < -0.3 is 10.6 Å². The predicted octanol–water partition coefficient (Wildman–Crippen LogP) is 1.34. The number of aliphatic imine (C=N–C) groups is 1. The minimum Gasteiger partial charge on any atom is -0.357 e. The van der Waals surface area contributed by atoms with Gasteiger partial charge in [-0.25, -0.2) is 0 Å². The third kappa shape index (κ3) is 9.71. The number of rotatable bonds is 5. The lowest BCUT2D eigenvalue weighted by Gasteiger charge is -2.17. The van der Waals surface area contributed by atoms with Crippen LogP contribution >= 0.6 is 24.0 Å². The maximum Gasteiger partial charge on any atom is 0.192 e. The molecule has 0 heterocycles. The van der Waals surface area contributed by atoms with Crippen LogP contribution in [-0.2, 0) is 10.8 Å².